The monoisotopic (exact) mass is 372 g/mol. The minimum Gasteiger partial charge on any atom is -0.489 e. The molecule has 1 atom stereocenters. The molecule has 1 aliphatic heterocycles. The zero-order valence-corrected chi connectivity index (χ0v) is 15.2. The number of guanidine groups is 1. The number of nitrogens with zero attached hydrogens (tertiary/aromatic N) is 2. The van der Waals surface area contributed by atoms with Crippen molar-refractivity contribution < 1.29 is 17.9 Å². The molecule has 1 aromatic rings. The Morgan fingerprint density at radius 1 is 1.27 bits per heavy atom. The Hall–Kier alpha value is -1.96. The molecule has 5 nitrogen and oxygen atoms in total. The topological polar surface area (TPSA) is 48.9 Å². The van der Waals surface area contributed by atoms with Crippen LogP contribution >= 0.6 is 0 Å². The number of piperidine rings is 1. The maximum absolute atomic E-state index is 12.9. The number of ether oxygens (including phenoxy) is 1. The van der Waals surface area contributed by atoms with Crippen molar-refractivity contribution in [2.75, 3.05) is 33.2 Å². The molecular weight excluding hydrogens is 345 g/mol. The van der Waals surface area contributed by atoms with Crippen molar-refractivity contribution in [2.24, 2.45) is 4.99 Å². The summed E-state index contributed by atoms with van der Waals surface area (Å²) in [5.41, 5.74) is 0. The highest BCUT2D eigenvalue weighted by Gasteiger charge is 2.22. The van der Waals surface area contributed by atoms with E-state index in [1.807, 2.05) is 6.92 Å². The largest absolute Gasteiger partial charge is 0.489 e. The molecule has 0 radical (unpaired) electrons. The third-order valence-corrected chi connectivity index (χ3v) is 4.26. The first-order chi connectivity index (χ1) is 12.5. The Balaban J connectivity index is 1.70. The molecule has 8 heteroatoms. The van der Waals surface area contributed by atoms with Gasteiger partial charge in [0.15, 0.2) is 5.96 Å². The number of benzene rings is 1. The lowest BCUT2D eigenvalue weighted by molar-refractivity contribution is 0.0744. The number of likely N-dealkylation sites (tertiary alicyclic amines) is 1. The molecule has 2 rings (SSSR count). The van der Waals surface area contributed by atoms with E-state index in [-0.39, 0.29) is 24.5 Å². The van der Waals surface area contributed by atoms with Crippen LogP contribution in [0.1, 0.15) is 19.8 Å². The molecule has 26 heavy (non-hydrogen) atoms. The van der Waals surface area contributed by atoms with Gasteiger partial charge in [0.25, 0.3) is 6.43 Å². The fourth-order valence-electron chi connectivity index (χ4n) is 2.87. The molecule has 1 unspecified atom stereocenters. The minimum absolute atomic E-state index is 0.132. The van der Waals surface area contributed by atoms with E-state index >= 15 is 0 Å². The molecule has 0 aromatic heterocycles. The first-order valence-corrected chi connectivity index (χ1v) is 8.86. The Bertz CT molecular complexity index is 560. The van der Waals surface area contributed by atoms with Crippen LogP contribution in [0.25, 0.3) is 0 Å². The highest BCUT2D eigenvalue weighted by Crippen LogP contribution is 2.13. The highest BCUT2D eigenvalue weighted by atomic mass is 19.3. The van der Waals surface area contributed by atoms with Crippen molar-refractivity contribution in [1.29, 1.82) is 0 Å². The highest BCUT2D eigenvalue weighted by molar-refractivity contribution is 5.80. The smallest absolute Gasteiger partial charge is 0.251 e. The third kappa shape index (κ3) is 7.11. The van der Waals surface area contributed by atoms with Gasteiger partial charge < -0.3 is 15.4 Å². The van der Waals surface area contributed by atoms with Crippen molar-refractivity contribution in [1.82, 2.24) is 15.5 Å². The van der Waals surface area contributed by atoms with Crippen LogP contribution in [0.5, 0.6) is 5.75 Å². The van der Waals surface area contributed by atoms with Crippen LogP contribution in [0.4, 0.5) is 13.2 Å². The Morgan fingerprint density at radius 3 is 2.50 bits per heavy atom. The summed E-state index contributed by atoms with van der Waals surface area (Å²) in [5.74, 6) is 0.967. The molecule has 1 saturated heterocycles. The van der Waals surface area contributed by atoms with Gasteiger partial charge in [-0.2, -0.15) is 0 Å². The van der Waals surface area contributed by atoms with Gasteiger partial charge in [0.1, 0.15) is 17.7 Å². The summed E-state index contributed by atoms with van der Waals surface area (Å²) in [6.45, 7) is 3.60. The fourth-order valence-corrected chi connectivity index (χ4v) is 2.87. The van der Waals surface area contributed by atoms with Gasteiger partial charge in [0.05, 0.1) is 13.1 Å². The number of rotatable bonds is 7. The zero-order valence-electron chi connectivity index (χ0n) is 15.2. The fraction of sp³-hybridized carbons (Fsp3) is 0.611. The molecule has 146 valence electrons. The SMILES string of the molecule is CN=C(NCC(C)Oc1ccc(F)cc1)NC1CCN(CC(F)F)CC1. The van der Waals surface area contributed by atoms with Crippen LogP contribution in [0.15, 0.2) is 29.3 Å². The molecule has 1 aliphatic rings. The number of hydrogen-bond acceptors (Lipinski definition) is 3. The van der Waals surface area contributed by atoms with Crippen LogP contribution in [0, 0.1) is 5.82 Å². The van der Waals surface area contributed by atoms with Gasteiger partial charge in [-0.05, 0) is 44.0 Å². The van der Waals surface area contributed by atoms with E-state index in [9.17, 15) is 13.2 Å². The van der Waals surface area contributed by atoms with Crippen molar-refractivity contribution in [2.45, 2.75) is 38.3 Å². The van der Waals surface area contributed by atoms with Gasteiger partial charge in [-0.15, -0.1) is 0 Å². The van der Waals surface area contributed by atoms with Crippen LogP contribution in [0.3, 0.4) is 0 Å². The summed E-state index contributed by atoms with van der Waals surface area (Å²) in [4.78, 5) is 5.99. The molecular formula is C18H27F3N4O. The molecule has 0 bridgehead atoms. The normalized spacial score (nSPS) is 18.0. The number of nitrogens with one attached hydrogen (secondary N) is 2. The molecule has 0 amide bonds. The van der Waals surface area contributed by atoms with Crippen molar-refractivity contribution in [3.05, 3.63) is 30.1 Å². The van der Waals surface area contributed by atoms with Crippen LogP contribution < -0.4 is 15.4 Å². The Kier molecular flexibility index (Phi) is 8.03. The molecule has 0 aliphatic carbocycles. The van der Waals surface area contributed by atoms with E-state index in [4.69, 9.17) is 4.74 Å². The summed E-state index contributed by atoms with van der Waals surface area (Å²) in [6.07, 6.45) is -0.812. The second kappa shape index (κ2) is 10.3. The molecule has 0 spiro atoms. The second-order valence-corrected chi connectivity index (χ2v) is 6.45. The number of hydrogen-bond donors (Lipinski definition) is 2. The Morgan fingerprint density at radius 2 is 1.92 bits per heavy atom. The van der Waals surface area contributed by atoms with Gasteiger partial charge >= 0.3 is 0 Å². The van der Waals surface area contributed by atoms with E-state index in [0.717, 1.165) is 12.8 Å². The van der Waals surface area contributed by atoms with Crippen LogP contribution in [-0.4, -0.2) is 62.7 Å². The second-order valence-electron chi connectivity index (χ2n) is 6.45. The predicted molar refractivity (Wildman–Crippen MR) is 96.5 cm³/mol. The first-order valence-electron chi connectivity index (χ1n) is 8.86. The van der Waals surface area contributed by atoms with Gasteiger partial charge in [-0.3, -0.25) is 9.89 Å². The van der Waals surface area contributed by atoms with E-state index < -0.39 is 6.43 Å². The minimum atomic E-state index is -2.28. The third-order valence-electron chi connectivity index (χ3n) is 4.26. The lowest BCUT2D eigenvalue weighted by atomic mass is 10.1. The molecule has 1 fully saturated rings. The standard InChI is InChI=1S/C18H27F3N4O/c1-13(26-16-5-3-14(19)4-6-16)11-23-18(22-2)24-15-7-9-25(10-8-15)12-17(20)21/h3-6,13,15,17H,7-12H2,1-2H3,(H2,22,23,24). The van der Waals surface area contributed by atoms with Gasteiger partial charge in [0, 0.05) is 26.2 Å². The van der Waals surface area contributed by atoms with E-state index in [0.29, 0.717) is 31.3 Å². The molecule has 1 heterocycles. The quantitative estimate of drug-likeness (QED) is 0.570. The van der Waals surface area contributed by atoms with E-state index in [1.54, 1.807) is 24.1 Å². The summed E-state index contributed by atoms with van der Waals surface area (Å²) in [5, 5.41) is 6.52. The molecule has 1 aromatic carbocycles. The number of alkyl halides is 2. The van der Waals surface area contributed by atoms with E-state index in [1.165, 1.54) is 12.1 Å². The maximum Gasteiger partial charge on any atom is 0.251 e. The molecule has 2 N–H and O–H groups in total. The lowest BCUT2D eigenvalue weighted by Crippen LogP contribution is -2.50. The Labute approximate surface area is 152 Å². The van der Waals surface area contributed by atoms with E-state index in [2.05, 4.69) is 15.6 Å². The first kappa shape index (κ1) is 20.4. The predicted octanol–water partition coefficient (Wildman–Crippen LogP) is 2.49. The average molecular weight is 372 g/mol. The van der Waals surface area contributed by atoms with Gasteiger partial charge in [0.2, 0.25) is 0 Å². The average Bonchev–Trinajstić information content (AvgIpc) is 2.61. The lowest BCUT2D eigenvalue weighted by Gasteiger charge is -2.32. The summed E-state index contributed by atoms with van der Waals surface area (Å²) in [6, 6.07) is 6.11. The van der Waals surface area contributed by atoms with Crippen LogP contribution in [0.2, 0.25) is 0 Å². The number of aliphatic imine (C=N–C) groups is 1. The van der Waals surface area contributed by atoms with Crippen molar-refractivity contribution >= 4 is 5.96 Å². The van der Waals surface area contributed by atoms with Crippen LogP contribution in [-0.2, 0) is 0 Å². The van der Waals surface area contributed by atoms with Gasteiger partial charge in [-0.1, -0.05) is 0 Å². The summed E-state index contributed by atoms with van der Waals surface area (Å²) >= 11 is 0. The summed E-state index contributed by atoms with van der Waals surface area (Å²) in [7, 11) is 1.69. The summed E-state index contributed by atoms with van der Waals surface area (Å²) < 4.78 is 43.4. The van der Waals surface area contributed by atoms with Crippen molar-refractivity contribution in [3.8, 4) is 5.75 Å². The number of halogens is 3. The zero-order chi connectivity index (χ0) is 18.9. The molecule has 0 saturated carbocycles. The van der Waals surface area contributed by atoms with Gasteiger partial charge in [-0.25, -0.2) is 13.2 Å². The van der Waals surface area contributed by atoms with Crippen molar-refractivity contribution in [3.63, 3.8) is 0 Å². The maximum atomic E-state index is 12.9.